The summed E-state index contributed by atoms with van der Waals surface area (Å²) in [4.78, 5) is 12.1. The molecule has 0 saturated heterocycles. The molecule has 0 fully saturated rings. The van der Waals surface area contributed by atoms with E-state index >= 15 is 0 Å². The highest BCUT2D eigenvalue weighted by atomic mass is 32.2. The average molecular weight is 299 g/mol. The number of amides is 1. The highest BCUT2D eigenvalue weighted by Crippen LogP contribution is 2.18. The summed E-state index contributed by atoms with van der Waals surface area (Å²) < 4.78 is 22.6. The lowest BCUT2D eigenvalue weighted by Gasteiger charge is -2.23. The maximum absolute atomic E-state index is 11.9. The molecule has 0 unspecified atom stereocenters. The fourth-order valence-corrected chi connectivity index (χ4v) is 2.30. The SMILES string of the molecule is CC(C)(CCO)CNC(=O)c1ccc(S(C)(=O)=O)cc1. The number of aliphatic hydroxyl groups excluding tert-OH is 1. The molecule has 5 nitrogen and oxygen atoms in total. The Hall–Kier alpha value is -1.40. The highest BCUT2D eigenvalue weighted by molar-refractivity contribution is 7.90. The Morgan fingerprint density at radius 2 is 1.80 bits per heavy atom. The zero-order chi connectivity index (χ0) is 15.4. The van der Waals surface area contributed by atoms with Crippen molar-refractivity contribution in [3.8, 4) is 0 Å². The zero-order valence-electron chi connectivity index (χ0n) is 12.0. The Balaban J connectivity index is 2.70. The molecule has 0 aliphatic heterocycles. The second-order valence-electron chi connectivity index (χ2n) is 5.62. The molecule has 0 bridgehead atoms. The summed E-state index contributed by atoms with van der Waals surface area (Å²) in [7, 11) is -3.25. The van der Waals surface area contributed by atoms with Gasteiger partial charge in [-0.1, -0.05) is 13.8 Å². The van der Waals surface area contributed by atoms with Gasteiger partial charge in [-0.15, -0.1) is 0 Å². The van der Waals surface area contributed by atoms with E-state index in [4.69, 9.17) is 5.11 Å². The van der Waals surface area contributed by atoms with E-state index in [9.17, 15) is 13.2 Å². The molecular weight excluding hydrogens is 278 g/mol. The van der Waals surface area contributed by atoms with Crippen molar-refractivity contribution in [3.05, 3.63) is 29.8 Å². The average Bonchev–Trinajstić information content (AvgIpc) is 2.35. The van der Waals surface area contributed by atoms with Gasteiger partial charge in [-0.25, -0.2) is 8.42 Å². The molecule has 0 aliphatic rings. The lowest BCUT2D eigenvalue weighted by Crippen LogP contribution is -2.34. The third-order valence-corrected chi connectivity index (χ3v) is 4.19. The summed E-state index contributed by atoms with van der Waals surface area (Å²) in [6.45, 7) is 4.43. The zero-order valence-corrected chi connectivity index (χ0v) is 12.8. The van der Waals surface area contributed by atoms with Gasteiger partial charge in [0.15, 0.2) is 9.84 Å². The molecule has 0 atom stereocenters. The molecule has 0 heterocycles. The fourth-order valence-electron chi connectivity index (χ4n) is 1.67. The largest absolute Gasteiger partial charge is 0.396 e. The summed E-state index contributed by atoms with van der Waals surface area (Å²) in [6, 6.07) is 5.82. The number of benzene rings is 1. The molecule has 0 spiro atoms. The fraction of sp³-hybridized carbons (Fsp3) is 0.500. The summed E-state index contributed by atoms with van der Waals surface area (Å²) in [5.74, 6) is -0.254. The molecule has 1 aromatic rings. The van der Waals surface area contributed by atoms with Gasteiger partial charge < -0.3 is 10.4 Å². The first kappa shape index (κ1) is 16.7. The molecule has 0 saturated carbocycles. The van der Waals surface area contributed by atoms with Crippen molar-refractivity contribution in [3.63, 3.8) is 0 Å². The number of aliphatic hydroxyl groups is 1. The van der Waals surface area contributed by atoms with Crippen LogP contribution in [0, 0.1) is 5.41 Å². The van der Waals surface area contributed by atoms with Gasteiger partial charge in [0.1, 0.15) is 0 Å². The Morgan fingerprint density at radius 1 is 1.25 bits per heavy atom. The molecule has 0 aliphatic carbocycles. The van der Waals surface area contributed by atoms with Crippen LogP contribution in [0.4, 0.5) is 0 Å². The highest BCUT2D eigenvalue weighted by Gasteiger charge is 2.18. The van der Waals surface area contributed by atoms with Crippen molar-refractivity contribution in [1.29, 1.82) is 0 Å². The van der Waals surface area contributed by atoms with Crippen LogP contribution in [0.2, 0.25) is 0 Å². The maximum Gasteiger partial charge on any atom is 0.251 e. The van der Waals surface area contributed by atoms with Gasteiger partial charge >= 0.3 is 0 Å². The van der Waals surface area contributed by atoms with Crippen LogP contribution in [0.15, 0.2) is 29.2 Å². The lowest BCUT2D eigenvalue weighted by molar-refractivity contribution is 0.0928. The van der Waals surface area contributed by atoms with Crippen molar-refractivity contribution >= 4 is 15.7 Å². The second-order valence-corrected chi connectivity index (χ2v) is 7.63. The molecule has 1 rings (SSSR count). The van der Waals surface area contributed by atoms with Crippen molar-refractivity contribution < 1.29 is 18.3 Å². The van der Waals surface area contributed by atoms with Crippen LogP contribution in [0.25, 0.3) is 0 Å². The molecule has 0 aromatic heterocycles. The van der Waals surface area contributed by atoms with Crippen molar-refractivity contribution in [1.82, 2.24) is 5.32 Å². The minimum absolute atomic E-state index is 0.0753. The standard InChI is InChI=1S/C14H21NO4S/c1-14(2,8-9-16)10-15-13(17)11-4-6-12(7-5-11)20(3,18)19/h4-7,16H,8-10H2,1-3H3,(H,15,17). The Bertz CT molecular complexity index is 561. The van der Waals surface area contributed by atoms with Crippen LogP contribution >= 0.6 is 0 Å². The van der Waals surface area contributed by atoms with Crippen molar-refractivity contribution in [2.75, 3.05) is 19.4 Å². The van der Waals surface area contributed by atoms with E-state index < -0.39 is 9.84 Å². The van der Waals surface area contributed by atoms with E-state index in [2.05, 4.69) is 5.32 Å². The molecule has 6 heteroatoms. The molecular formula is C14H21NO4S. The number of nitrogens with one attached hydrogen (secondary N) is 1. The summed E-state index contributed by atoms with van der Waals surface area (Å²) in [5.41, 5.74) is 0.231. The molecule has 2 N–H and O–H groups in total. The summed E-state index contributed by atoms with van der Waals surface area (Å²) in [5, 5.41) is 11.7. The lowest BCUT2D eigenvalue weighted by atomic mass is 9.89. The number of hydrogen-bond donors (Lipinski definition) is 2. The van der Waals surface area contributed by atoms with Gasteiger partial charge in [0.05, 0.1) is 4.90 Å². The molecule has 112 valence electrons. The van der Waals surface area contributed by atoms with E-state index in [0.29, 0.717) is 18.5 Å². The first-order chi connectivity index (χ1) is 9.15. The normalized spacial score (nSPS) is 12.2. The predicted molar refractivity (Wildman–Crippen MR) is 77.4 cm³/mol. The third-order valence-electron chi connectivity index (χ3n) is 3.06. The molecule has 0 radical (unpaired) electrons. The molecule has 1 amide bonds. The minimum atomic E-state index is -3.25. The second kappa shape index (κ2) is 6.37. The maximum atomic E-state index is 11.9. The van der Waals surface area contributed by atoms with Gasteiger partial charge in [-0.2, -0.15) is 0 Å². The van der Waals surface area contributed by atoms with Crippen LogP contribution in [0.3, 0.4) is 0 Å². The third kappa shape index (κ3) is 4.94. The van der Waals surface area contributed by atoms with Gasteiger partial charge in [-0.05, 0) is 36.1 Å². The minimum Gasteiger partial charge on any atom is -0.396 e. The van der Waals surface area contributed by atoms with Crippen LogP contribution in [-0.2, 0) is 9.84 Å². The number of rotatable bonds is 6. The van der Waals surface area contributed by atoms with Gasteiger partial charge in [0.2, 0.25) is 0 Å². The predicted octanol–water partition coefficient (Wildman–Crippen LogP) is 1.23. The van der Waals surface area contributed by atoms with Gasteiger partial charge in [0.25, 0.3) is 5.91 Å². The monoisotopic (exact) mass is 299 g/mol. The van der Waals surface area contributed by atoms with Crippen molar-refractivity contribution in [2.45, 2.75) is 25.2 Å². The van der Waals surface area contributed by atoms with Crippen LogP contribution in [0.5, 0.6) is 0 Å². The van der Waals surface area contributed by atoms with E-state index in [0.717, 1.165) is 6.26 Å². The van der Waals surface area contributed by atoms with E-state index in [1.54, 1.807) is 0 Å². The molecule has 20 heavy (non-hydrogen) atoms. The van der Waals surface area contributed by atoms with Crippen molar-refractivity contribution in [2.24, 2.45) is 5.41 Å². The Morgan fingerprint density at radius 3 is 2.25 bits per heavy atom. The number of carbonyl (C=O) groups is 1. The summed E-state index contributed by atoms with van der Waals surface area (Å²) in [6.07, 6.45) is 1.72. The number of carbonyl (C=O) groups excluding carboxylic acids is 1. The van der Waals surface area contributed by atoms with E-state index in [-0.39, 0.29) is 22.8 Å². The Kier molecular flexibility index (Phi) is 5.30. The smallest absolute Gasteiger partial charge is 0.251 e. The van der Waals surface area contributed by atoms with E-state index in [1.165, 1.54) is 24.3 Å². The van der Waals surface area contributed by atoms with Crippen LogP contribution in [-0.4, -0.2) is 38.8 Å². The van der Waals surface area contributed by atoms with Gasteiger partial charge in [0, 0.05) is 25.0 Å². The molecule has 1 aromatic carbocycles. The quantitative estimate of drug-likeness (QED) is 0.827. The first-order valence-corrected chi connectivity index (χ1v) is 8.24. The van der Waals surface area contributed by atoms with Crippen LogP contribution < -0.4 is 5.32 Å². The number of hydrogen-bond acceptors (Lipinski definition) is 4. The summed E-state index contributed by atoms with van der Waals surface area (Å²) >= 11 is 0. The first-order valence-electron chi connectivity index (χ1n) is 6.35. The van der Waals surface area contributed by atoms with Gasteiger partial charge in [-0.3, -0.25) is 4.79 Å². The van der Waals surface area contributed by atoms with Crippen LogP contribution in [0.1, 0.15) is 30.6 Å². The number of sulfone groups is 1. The van der Waals surface area contributed by atoms with E-state index in [1.807, 2.05) is 13.8 Å². The Labute approximate surface area is 119 Å². The topological polar surface area (TPSA) is 83.5 Å².